The second-order valence-corrected chi connectivity index (χ2v) is 5.57. The minimum Gasteiger partial charge on any atom is -0.497 e. The van der Waals surface area contributed by atoms with Crippen molar-refractivity contribution in [3.8, 4) is 28.1 Å². The van der Waals surface area contributed by atoms with E-state index in [2.05, 4.69) is 23.6 Å². The van der Waals surface area contributed by atoms with Crippen LogP contribution in [0.1, 0.15) is 5.69 Å². The van der Waals surface area contributed by atoms with Gasteiger partial charge in [0.1, 0.15) is 18.6 Å². The van der Waals surface area contributed by atoms with Gasteiger partial charge in [0.25, 0.3) is 0 Å². The standard InChI is InChI=1S/C20H19FNO/c1-14-12-17(15-6-10-19(23-3)11-7-15)13-20(22(14)2)16-4-8-18(21)9-5-16/h4-13H,1-3H3/q+1. The van der Waals surface area contributed by atoms with Gasteiger partial charge in [-0.3, -0.25) is 0 Å². The van der Waals surface area contributed by atoms with Crippen LogP contribution in [0.15, 0.2) is 60.7 Å². The molecule has 0 amide bonds. The summed E-state index contributed by atoms with van der Waals surface area (Å²) in [5.74, 6) is 0.616. The maximum absolute atomic E-state index is 13.2. The first kappa shape index (κ1) is 15.2. The quantitative estimate of drug-likeness (QED) is 0.657. The van der Waals surface area contributed by atoms with Crippen molar-refractivity contribution in [3.63, 3.8) is 0 Å². The van der Waals surface area contributed by atoms with Gasteiger partial charge in [0.05, 0.1) is 7.11 Å². The molecule has 0 saturated heterocycles. The lowest BCUT2D eigenvalue weighted by atomic mass is 10.0. The molecule has 23 heavy (non-hydrogen) atoms. The molecular formula is C20H19FNO+. The molecule has 3 aromatic rings. The Labute approximate surface area is 135 Å². The van der Waals surface area contributed by atoms with Gasteiger partial charge >= 0.3 is 0 Å². The topological polar surface area (TPSA) is 13.1 Å². The lowest BCUT2D eigenvalue weighted by Gasteiger charge is -2.08. The monoisotopic (exact) mass is 308 g/mol. The van der Waals surface area contributed by atoms with Crippen molar-refractivity contribution >= 4 is 0 Å². The molecule has 0 atom stereocenters. The van der Waals surface area contributed by atoms with E-state index >= 15 is 0 Å². The van der Waals surface area contributed by atoms with E-state index in [0.29, 0.717) is 0 Å². The zero-order chi connectivity index (χ0) is 16.4. The number of nitrogens with zero attached hydrogens (tertiary/aromatic N) is 1. The summed E-state index contributed by atoms with van der Waals surface area (Å²) < 4.78 is 20.5. The molecule has 0 spiro atoms. The second-order valence-electron chi connectivity index (χ2n) is 5.57. The van der Waals surface area contributed by atoms with Gasteiger partial charge in [0, 0.05) is 24.6 Å². The molecule has 3 heteroatoms. The molecular weight excluding hydrogens is 289 g/mol. The first-order chi connectivity index (χ1) is 11.1. The first-order valence-corrected chi connectivity index (χ1v) is 7.49. The Morgan fingerprint density at radius 1 is 0.826 bits per heavy atom. The average molecular weight is 308 g/mol. The molecule has 116 valence electrons. The molecule has 2 nitrogen and oxygen atoms in total. The van der Waals surface area contributed by atoms with E-state index in [1.165, 1.54) is 12.1 Å². The number of aryl methyl sites for hydroxylation is 1. The van der Waals surface area contributed by atoms with Crippen LogP contribution in [0.5, 0.6) is 5.75 Å². The van der Waals surface area contributed by atoms with E-state index in [1.807, 2.05) is 43.4 Å². The third-order valence-corrected chi connectivity index (χ3v) is 4.11. The number of methoxy groups -OCH3 is 1. The lowest BCUT2D eigenvalue weighted by molar-refractivity contribution is -0.666. The normalized spacial score (nSPS) is 10.6. The van der Waals surface area contributed by atoms with Gasteiger partial charge in [0.2, 0.25) is 5.69 Å². The highest BCUT2D eigenvalue weighted by molar-refractivity contribution is 5.69. The highest BCUT2D eigenvalue weighted by atomic mass is 19.1. The second kappa shape index (κ2) is 6.21. The Morgan fingerprint density at radius 3 is 2.04 bits per heavy atom. The minimum atomic E-state index is -0.223. The van der Waals surface area contributed by atoms with Crippen LogP contribution in [0.4, 0.5) is 4.39 Å². The molecule has 3 rings (SSSR count). The van der Waals surface area contributed by atoms with Crippen molar-refractivity contribution in [2.75, 3.05) is 7.11 Å². The summed E-state index contributed by atoms with van der Waals surface area (Å²) >= 11 is 0. The van der Waals surface area contributed by atoms with Crippen molar-refractivity contribution in [2.45, 2.75) is 6.92 Å². The predicted molar refractivity (Wildman–Crippen MR) is 89.7 cm³/mol. The van der Waals surface area contributed by atoms with Crippen molar-refractivity contribution in [2.24, 2.45) is 7.05 Å². The number of hydrogen-bond donors (Lipinski definition) is 0. The van der Waals surface area contributed by atoms with Crippen LogP contribution >= 0.6 is 0 Å². The number of hydrogen-bond acceptors (Lipinski definition) is 1. The minimum absolute atomic E-state index is 0.223. The van der Waals surface area contributed by atoms with Gasteiger partial charge in [0.15, 0.2) is 5.69 Å². The van der Waals surface area contributed by atoms with Crippen molar-refractivity contribution in [1.82, 2.24) is 0 Å². The molecule has 0 radical (unpaired) electrons. The molecule has 2 aromatic carbocycles. The summed E-state index contributed by atoms with van der Waals surface area (Å²) in [6.45, 7) is 2.07. The smallest absolute Gasteiger partial charge is 0.213 e. The molecule has 1 heterocycles. The molecule has 0 fully saturated rings. The number of pyridine rings is 1. The van der Waals surface area contributed by atoms with E-state index in [0.717, 1.165) is 33.8 Å². The molecule has 1 aromatic heterocycles. The van der Waals surface area contributed by atoms with Crippen molar-refractivity contribution in [3.05, 3.63) is 72.2 Å². The highest BCUT2D eigenvalue weighted by Crippen LogP contribution is 2.26. The summed E-state index contributed by atoms with van der Waals surface area (Å²) in [5.41, 5.74) is 5.43. The predicted octanol–water partition coefficient (Wildman–Crippen LogP) is 4.30. The van der Waals surface area contributed by atoms with E-state index in [4.69, 9.17) is 4.74 Å². The Kier molecular flexibility index (Phi) is 4.11. The van der Waals surface area contributed by atoms with Crippen molar-refractivity contribution < 1.29 is 13.7 Å². The maximum Gasteiger partial charge on any atom is 0.213 e. The molecule has 0 bridgehead atoms. The molecule has 0 saturated carbocycles. The third kappa shape index (κ3) is 3.09. The van der Waals surface area contributed by atoms with Gasteiger partial charge in [-0.25, -0.2) is 4.39 Å². The number of aromatic nitrogens is 1. The van der Waals surface area contributed by atoms with Gasteiger partial charge in [-0.1, -0.05) is 12.1 Å². The summed E-state index contributed by atoms with van der Waals surface area (Å²) in [7, 11) is 3.68. The summed E-state index contributed by atoms with van der Waals surface area (Å²) in [6, 6.07) is 18.9. The number of benzene rings is 2. The van der Waals surface area contributed by atoms with Gasteiger partial charge in [-0.05, 0) is 47.5 Å². The largest absolute Gasteiger partial charge is 0.497 e. The molecule has 0 aliphatic rings. The molecule has 0 N–H and O–H groups in total. The number of rotatable bonds is 3. The number of ether oxygens (including phenoxy) is 1. The van der Waals surface area contributed by atoms with Crippen LogP contribution in [-0.4, -0.2) is 7.11 Å². The summed E-state index contributed by atoms with van der Waals surface area (Å²) in [6.07, 6.45) is 0. The van der Waals surface area contributed by atoms with Crippen LogP contribution in [0.25, 0.3) is 22.4 Å². The number of halogens is 1. The van der Waals surface area contributed by atoms with E-state index in [9.17, 15) is 4.39 Å². The Bertz CT molecular complexity index is 824. The first-order valence-electron chi connectivity index (χ1n) is 7.49. The fraction of sp³-hybridized carbons (Fsp3) is 0.150. The van der Waals surface area contributed by atoms with E-state index in [1.54, 1.807) is 7.11 Å². The van der Waals surface area contributed by atoms with E-state index < -0.39 is 0 Å². The molecule has 0 aliphatic heterocycles. The molecule has 0 aliphatic carbocycles. The lowest BCUT2D eigenvalue weighted by Crippen LogP contribution is -2.34. The Morgan fingerprint density at radius 2 is 1.43 bits per heavy atom. The van der Waals surface area contributed by atoms with Crippen molar-refractivity contribution in [1.29, 1.82) is 0 Å². The Balaban J connectivity index is 2.10. The van der Waals surface area contributed by atoms with Gasteiger partial charge in [-0.2, -0.15) is 4.57 Å². The third-order valence-electron chi connectivity index (χ3n) is 4.11. The summed E-state index contributed by atoms with van der Waals surface area (Å²) in [5, 5.41) is 0. The van der Waals surface area contributed by atoms with Gasteiger partial charge < -0.3 is 4.74 Å². The SMILES string of the molecule is COc1ccc(-c2cc(C)[n+](C)c(-c3ccc(F)cc3)c2)cc1. The Hall–Kier alpha value is -2.68. The fourth-order valence-corrected chi connectivity index (χ4v) is 2.65. The van der Waals surface area contributed by atoms with Crippen LogP contribution in [0.2, 0.25) is 0 Å². The average Bonchev–Trinajstić information content (AvgIpc) is 2.58. The molecule has 0 unspecified atom stereocenters. The zero-order valence-corrected chi connectivity index (χ0v) is 13.5. The van der Waals surface area contributed by atoms with Crippen LogP contribution in [-0.2, 0) is 7.05 Å². The fourth-order valence-electron chi connectivity index (χ4n) is 2.65. The van der Waals surface area contributed by atoms with Crippen LogP contribution < -0.4 is 9.30 Å². The van der Waals surface area contributed by atoms with Crippen LogP contribution in [0.3, 0.4) is 0 Å². The maximum atomic E-state index is 13.2. The van der Waals surface area contributed by atoms with Crippen LogP contribution in [0, 0.1) is 12.7 Å². The van der Waals surface area contributed by atoms with Gasteiger partial charge in [-0.15, -0.1) is 0 Å². The zero-order valence-electron chi connectivity index (χ0n) is 13.5. The summed E-state index contributed by atoms with van der Waals surface area (Å²) in [4.78, 5) is 0. The van der Waals surface area contributed by atoms with E-state index in [-0.39, 0.29) is 5.82 Å². The highest BCUT2D eigenvalue weighted by Gasteiger charge is 2.15.